The third-order valence-electron chi connectivity index (χ3n) is 4.38. The molecule has 0 aliphatic carbocycles. The van der Waals surface area contributed by atoms with Crippen LogP contribution in [0.1, 0.15) is 23.1 Å². The van der Waals surface area contributed by atoms with E-state index in [2.05, 4.69) is 85.5 Å². The summed E-state index contributed by atoms with van der Waals surface area (Å²) in [6.45, 7) is 7.07. The minimum Gasteiger partial charge on any atom is -0.345 e. The van der Waals surface area contributed by atoms with Crippen LogP contribution < -0.4 is 5.32 Å². The molecule has 2 aromatic carbocycles. The van der Waals surface area contributed by atoms with Crippen molar-refractivity contribution in [3.63, 3.8) is 0 Å². The lowest BCUT2D eigenvalue weighted by atomic mass is 10.1. The monoisotopic (exact) mass is 355 g/mol. The Morgan fingerprint density at radius 2 is 1.68 bits per heavy atom. The Hall–Kier alpha value is -1.91. The molecule has 25 heavy (non-hydrogen) atoms. The van der Waals surface area contributed by atoms with Crippen molar-refractivity contribution in [3.8, 4) is 0 Å². The van der Waals surface area contributed by atoms with Gasteiger partial charge in [0.05, 0.1) is 0 Å². The molecule has 0 aliphatic rings. The Bertz CT molecular complexity index is 683. The SMILES string of the molecule is Cc1cccc(NC(=S)N(CCCN(C)C)Cc2ccccc2)c1C. The minimum atomic E-state index is 0.788. The molecule has 1 N–H and O–H groups in total. The third kappa shape index (κ3) is 6.15. The molecular formula is C21H29N3S. The molecule has 0 bridgehead atoms. The number of thiocarbonyl (C=S) groups is 1. The van der Waals surface area contributed by atoms with Crippen molar-refractivity contribution in [2.24, 2.45) is 0 Å². The second-order valence-electron chi connectivity index (χ2n) is 6.74. The summed E-state index contributed by atoms with van der Waals surface area (Å²) in [5, 5.41) is 4.24. The van der Waals surface area contributed by atoms with E-state index in [0.717, 1.165) is 36.9 Å². The molecule has 2 aromatic rings. The molecule has 0 unspecified atom stereocenters. The molecule has 0 spiro atoms. The van der Waals surface area contributed by atoms with E-state index in [-0.39, 0.29) is 0 Å². The first kappa shape index (κ1) is 19.4. The van der Waals surface area contributed by atoms with E-state index >= 15 is 0 Å². The van der Waals surface area contributed by atoms with Crippen molar-refractivity contribution in [3.05, 3.63) is 65.2 Å². The minimum absolute atomic E-state index is 0.788. The first-order chi connectivity index (χ1) is 12.0. The molecule has 0 amide bonds. The molecule has 4 heteroatoms. The van der Waals surface area contributed by atoms with Gasteiger partial charge in [-0.25, -0.2) is 0 Å². The van der Waals surface area contributed by atoms with Gasteiger partial charge in [-0.05, 0) is 75.9 Å². The average molecular weight is 356 g/mol. The highest BCUT2D eigenvalue weighted by atomic mass is 32.1. The van der Waals surface area contributed by atoms with E-state index < -0.39 is 0 Å². The first-order valence-corrected chi connectivity index (χ1v) is 9.19. The maximum atomic E-state index is 5.74. The number of hydrogen-bond acceptors (Lipinski definition) is 2. The molecule has 0 heterocycles. The van der Waals surface area contributed by atoms with Gasteiger partial charge in [0.25, 0.3) is 0 Å². The Kier molecular flexibility index (Phi) is 7.41. The molecule has 0 radical (unpaired) electrons. The van der Waals surface area contributed by atoms with Gasteiger partial charge in [-0.15, -0.1) is 0 Å². The number of benzene rings is 2. The molecule has 0 saturated carbocycles. The second kappa shape index (κ2) is 9.54. The fraction of sp³-hybridized carbons (Fsp3) is 0.381. The maximum Gasteiger partial charge on any atom is 0.173 e. The van der Waals surface area contributed by atoms with Gasteiger partial charge < -0.3 is 15.1 Å². The van der Waals surface area contributed by atoms with E-state index in [4.69, 9.17) is 12.2 Å². The molecule has 0 atom stereocenters. The summed E-state index contributed by atoms with van der Waals surface area (Å²) in [7, 11) is 4.21. The number of nitrogens with one attached hydrogen (secondary N) is 1. The Balaban J connectivity index is 2.09. The number of hydrogen-bond donors (Lipinski definition) is 1. The van der Waals surface area contributed by atoms with Crippen LogP contribution in [-0.2, 0) is 6.54 Å². The quantitative estimate of drug-likeness (QED) is 0.739. The number of nitrogens with zero attached hydrogens (tertiary/aromatic N) is 2. The molecule has 0 aliphatic heterocycles. The van der Waals surface area contributed by atoms with Crippen LogP contribution in [0.5, 0.6) is 0 Å². The first-order valence-electron chi connectivity index (χ1n) is 8.78. The molecule has 0 aromatic heterocycles. The second-order valence-corrected chi connectivity index (χ2v) is 7.13. The topological polar surface area (TPSA) is 18.5 Å². The van der Waals surface area contributed by atoms with Gasteiger partial charge in [0.1, 0.15) is 0 Å². The molecular weight excluding hydrogens is 326 g/mol. The van der Waals surface area contributed by atoms with Crippen molar-refractivity contribution in [1.29, 1.82) is 0 Å². The fourth-order valence-corrected chi connectivity index (χ4v) is 2.98. The van der Waals surface area contributed by atoms with Crippen LogP contribution in [-0.4, -0.2) is 42.1 Å². The predicted octanol–water partition coefficient (Wildman–Crippen LogP) is 4.45. The van der Waals surface area contributed by atoms with Gasteiger partial charge in [-0.1, -0.05) is 42.5 Å². The smallest absolute Gasteiger partial charge is 0.173 e. The summed E-state index contributed by atoms with van der Waals surface area (Å²) >= 11 is 5.74. The summed E-state index contributed by atoms with van der Waals surface area (Å²) in [4.78, 5) is 4.47. The largest absolute Gasteiger partial charge is 0.345 e. The summed E-state index contributed by atoms with van der Waals surface area (Å²) in [5.41, 5.74) is 4.89. The maximum absolute atomic E-state index is 5.74. The van der Waals surface area contributed by atoms with Gasteiger partial charge in [0.15, 0.2) is 5.11 Å². The fourth-order valence-electron chi connectivity index (χ4n) is 2.71. The molecule has 2 rings (SSSR count). The van der Waals surface area contributed by atoms with Crippen LogP contribution in [0.25, 0.3) is 0 Å². The van der Waals surface area contributed by atoms with Crippen LogP contribution in [0.3, 0.4) is 0 Å². The zero-order valence-corrected chi connectivity index (χ0v) is 16.6. The Morgan fingerprint density at radius 3 is 2.36 bits per heavy atom. The van der Waals surface area contributed by atoms with Crippen molar-refractivity contribution in [2.75, 3.05) is 32.5 Å². The van der Waals surface area contributed by atoms with Crippen LogP contribution in [0, 0.1) is 13.8 Å². The van der Waals surface area contributed by atoms with Crippen molar-refractivity contribution < 1.29 is 0 Å². The predicted molar refractivity (Wildman–Crippen MR) is 112 cm³/mol. The van der Waals surface area contributed by atoms with Crippen molar-refractivity contribution >= 4 is 23.0 Å². The van der Waals surface area contributed by atoms with Crippen LogP contribution >= 0.6 is 12.2 Å². The lowest BCUT2D eigenvalue weighted by molar-refractivity contribution is 0.346. The summed E-state index contributed by atoms with van der Waals surface area (Å²) in [6.07, 6.45) is 1.08. The zero-order valence-electron chi connectivity index (χ0n) is 15.7. The number of anilines is 1. The van der Waals surface area contributed by atoms with Crippen molar-refractivity contribution in [1.82, 2.24) is 9.80 Å². The Morgan fingerprint density at radius 1 is 0.960 bits per heavy atom. The Labute approximate surface area is 157 Å². The van der Waals surface area contributed by atoms with E-state index in [9.17, 15) is 0 Å². The molecule has 0 saturated heterocycles. The molecule has 3 nitrogen and oxygen atoms in total. The summed E-state index contributed by atoms with van der Waals surface area (Å²) in [6, 6.07) is 16.8. The summed E-state index contributed by atoms with van der Waals surface area (Å²) in [5.74, 6) is 0. The standard InChI is InChI=1S/C21H29N3S/c1-17-10-8-13-20(18(17)2)22-21(25)24(15-9-14-23(3)4)16-19-11-6-5-7-12-19/h5-8,10-13H,9,14-16H2,1-4H3,(H,22,25). The van der Waals surface area contributed by atoms with Gasteiger partial charge in [-0.3, -0.25) is 0 Å². The average Bonchev–Trinajstić information content (AvgIpc) is 2.58. The van der Waals surface area contributed by atoms with Gasteiger partial charge in [0, 0.05) is 18.8 Å². The van der Waals surface area contributed by atoms with E-state index in [1.54, 1.807) is 0 Å². The van der Waals surface area contributed by atoms with Gasteiger partial charge >= 0.3 is 0 Å². The van der Waals surface area contributed by atoms with Crippen molar-refractivity contribution in [2.45, 2.75) is 26.8 Å². The molecule has 0 fully saturated rings. The number of rotatable bonds is 7. The number of aryl methyl sites for hydroxylation is 1. The highest BCUT2D eigenvalue weighted by Crippen LogP contribution is 2.19. The van der Waals surface area contributed by atoms with Crippen LogP contribution in [0.2, 0.25) is 0 Å². The molecule has 134 valence electrons. The van der Waals surface area contributed by atoms with E-state index in [0.29, 0.717) is 0 Å². The normalized spacial score (nSPS) is 10.8. The van der Waals surface area contributed by atoms with Gasteiger partial charge in [-0.2, -0.15) is 0 Å². The summed E-state index contributed by atoms with van der Waals surface area (Å²) < 4.78 is 0. The van der Waals surface area contributed by atoms with Crippen LogP contribution in [0.15, 0.2) is 48.5 Å². The van der Waals surface area contributed by atoms with E-state index in [1.807, 2.05) is 6.07 Å². The lowest BCUT2D eigenvalue weighted by Gasteiger charge is -2.27. The van der Waals surface area contributed by atoms with E-state index in [1.165, 1.54) is 16.7 Å². The lowest BCUT2D eigenvalue weighted by Crippen LogP contribution is -2.36. The highest BCUT2D eigenvalue weighted by Gasteiger charge is 2.12. The van der Waals surface area contributed by atoms with Crippen LogP contribution in [0.4, 0.5) is 5.69 Å². The van der Waals surface area contributed by atoms with Gasteiger partial charge in [0.2, 0.25) is 0 Å². The third-order valence-corrected chi connectivity index (χ3v) is 4.74. The highest BCUT2D eigenvalue weighted by molar-refractivity contribution is 7.80. The zero-order chi connectivity index (χ0) is 18.2.